The van der Waals surface area contributed by atoms with E-state index >= 15 is 0 Å². The number of aromatic amines is 3. The van der Waals surface area contributed by atoms with Gasteiger partial charge in [-0.25, -0.2) is 54.3 Å². The van der Waals surface area contributed by atoms with Crippen LogP contribution in [-0.4, -0.2) is 211 Å². The molecule has 15 heterocycles. The lowest BCUT2D eigenvalue weighted by molar-refractivity contribution is 0.0390. The van der Waals surface area contributed by atoms with Crippen molar-refractivity contribution >= 4 is 68.7 Å². The maximum Gasteiger partial charge on any atom is 0.333 e. The number of piperidine rings is 1. The predicted octanol–water partition coefficient (Wildman–Crippen LogP) is 8.40. The van der Waals surface area contributed by atoms with Gasteiger partial charge in [0, 0.05) is 150 Å². The first-order valence-corrected chi connectivity index (χ1v) is 41.9. The van der Waals surface area contributed by atoms with Crippen molar-refractivity contribution in [1.82, 2.24) is 102 Å². The highest BCUT2D eigenvalue weighted by Gasteiger charge is 2.35. The van der Waals surface area contributed by atoms with Crippen molar-refractivity contribution in [3.05, 3.63) is 207 Å². The summed E-state index contributed by atoms with van der Waals surface area (Å²) in [5, 5.41) is 0. The topological polar surface area (TPSA) is 375 Å². The van der Waals surface area contributed by atoms with E-state index in [1.54, 1.807) is 102 Å². The summed E-state index contributed by atoms with van der Waals surface area (Å²) in [6.45, 7) is 17.5. The molecule has 121 heavy (non-hydrogen) atoms. The Morgan fingerprint density at radius 3 is 1.04 bits per heavy atom. The van der Waals surface area contributed by atoms with E-state index in [2.05, 4.69) is 74.5 Å². The van der Waals surface area contributed by atoms with E-state index in [-0.39, 0.29) is 86.2 Å². The monoisotopic (exact) mass is 1650 g/mol. The Kier molecular flexibility index (Phi) is 24.8. The number of nitrogens with zero attached hydrogens (tertiary/aromatic N) is 21. The van der Waals surface area contributed by atoms with Gasteiger partial charge in [0.05, 0.1) is 29.9 Å². The van der Waals surface area contributed by atoms with E-state index in [9.17, 15) is 51.9 Å². The number of ether oxygens (including phenoxy) is 1. The number of pyridine rings is 6. The summed E-state index contributed by atoms with van der Waals surface area (Å²) in [5.41, 5.74) is 2.83. The lowest BCUT2D eigenvalue weighted by Crippen LogP contribution is -2.43. The molecule has 0 atom stereocenters. The van der Waals surface area contributed by atoms with Crippen LogP contribution in [0.3, 0.4) is 0 Å². The van der Waals surface area contributed by atoms with E-state index in [0.717, 1.165) is 116 Å². The number of aryl methyl sites for hydroxylation is 3. The predicted molar refractivity (Wildman–Crippen MR) is 450 cm³/mol. The van der Waals surface area contributed by atoms with Crippen LogP contribution in [0, 0.1) is 11.9 Å². The van der Waals surface area contributed by atoms with Gasteiger partial charge in [0.1, 0.15) is 51.5 Å². The third-order valence-electron chi connectivity index (χ3n) is 22.7. The van der Waals surface area contributed by atoms with Gasteiger partial charge in [-0.15, -0.1) is 0 Å². The number of morpholine rings is 1. The van der Waals surface area contributed by atoms with Gasteiger partial charge in [-0.2, -0.15) is 8.78 Å². The van der Waals surface area contributed by atoms with Gasteiger partial charge in [0.25, 0.3) is 34.4 Å². The quantitative estimate of drug-likeness (QED) is 0.0407. The Balaban J connectivity index is 0.000000135. The largest absolute Gasteiger partial charge is 0.379 e. The average Bonchev–Trinajstić information content (AvgIpc) is 1.60. The van der Waals surface area contributed by atoms with E-state index in [0.29, 0.717) is 157 Å². The van der Waals surface area contributed by atoms with Crippen LogP contribution in [0.5, 0.6) is 0 Å². The molecule has 6 aliphatic rings. The number of amides is 3. The molecule has 0 radical (unpaired) electrons. The third-order valence-corrected chi connectivity index (χ3v) is 22.7. The molecule has 3 aliphatic carbocycles. The summed E-state index contributed by atoms with van der Waals surface area (Å²) < 4.78 is 41.0. The zero-order chi connectivity index (χ0) is 84.0. The Morgan fingerprint density at radius 1 is 0.405 bits per heavy atom. The van der Waals surface area contributed by atoms with Gasteiger partial charge in [-0.1, -0.05) is 27.2 Å². The second-order valence-electron chi connectivity index (χ2n) is 31.3. The van der Waals surface area contributed by atoms with Crippen molar-refractivity contribution in [2.24, 2.45) is 0 Å². The molecule has 3 saturated heterocycles. The summed E-state index contributed by atoms with van der Waals surface area (Å²) in [7, 11) is 0. The van der Waals surface area contributed by atoms with Crippen LogP contribution < -0.4 is 48.4 Å². The molecule has 0 spiro atoms. The Hall–Kier alpha value is -12.5. The zero-order valence-electron chi connectivity index (χ0n) is 67.9. The molecule has 12 aromatic heterocycles. The fourth-order valence-electron chi connectivity index (χ4n) is 15.8. The summed E-state index contributed by atoms with van der Waals surface area (Å²) in [5.74, 6) is 0.526. The molecule has 6 fully saturated rings. The maximum absolute atomic E-state index is 13.5. The van der Waals surface area contributed by atoms with Crippen LogP contribution in [-0.2, 0) is 24.4 Å². The highest BCUT2D eigenvalue weighted by Crippen LogP contribution is 2.36. The van der Waals surface area contributed by atoms with Gasteiger partial charge in [0.2, 0.25) is 11.9 Å². The first-order valence-electron chi connectivity index (χ1n) is 41.9. The standard InChI is InChI=1S/C29H33FN8O3.C28H31FN8O4.C28H32N8O3/c1-2-12-37-26-24(28(40)38(29(37)41)21-8-9-21)33-25(34-26)19-7-11-23(32-17-19)36(16-15-35-13-4-3-5-14-35)27(39)20-6-10-22(30)31-18-20;1-2-9-36-25-23(27(39)37(28(36)40)20-5-6-20)32-24(33-25)18-4-8-22(31-16-18)35(11-10-34-12-14-41-15-13-34)26(38)19-3-7-21(29)30-17-19;1-2-12-35-25-23(27(38)36(28(35)39)21-8-9-21)31-24(32-25)19-7-10-22(30-18-19)34(16-15-33-13-3-4-14-33)26(37)20-6-5-11-29-17-20/h6-7,10-11,17-18,21H,2-5,8-9,12-16H2,1H3,(H,33,34);3-4,7-8,16-17,20H,2,5-6,9-15H2,1H3,(H,32,33);5-7,10-11,17-18,21H,2-4,8-9,12-16H2,1H3,(H,31,32). The smallest absolute Gasteiger partial charge is 0.333 e. The first-order chi connectivity index (χ1) is 58.9. The number of H-pyrrole nitrogens is 3. The van der Waals surface area contributed by atoms with Crippen LogP contribution in [0.4, 0.5) is 26.2 Å². The number of nitrogens with one attached hydrogen (secondary N) is 3. The molecule has 3 saturated carbocycles. The molecule has 3 amide bonds. The Morgan fingerprint density at radius 2 is 0.744 bits per heavy atom. The summed E-state index contributed by atoms with van der Waals surface area (Å²) in [6.07, 6.45) is 23.5. The number of rotatable bonds is 27. The van der Waals surface area contributed by atoms with Crippen molar-refractivity contribution in [2.45, 2.75) is 148 Å². The fourth-order valence-corrected chi connectivity index (χ4v) is 15.8. The number of carbonyl (C=O) groups is 3. The van der Waals surface area contributed by atoms with Crippen molar-refractivity contribution in [3.63, 3.8) is 0 Å². The molecule has 0 aromatic carbocycles. The maximum atomic E-state index is 13.5. The van der Waals surface area contributed by atoms with Crippen molar-refractivity contribution in [3.8, 4) is 34.2 Å². The molecular weight excluding hydrogens is 1560 g/mol. The van der Waals surface area contributed by atoms with Crippen LogP contribution in [0.25, 0.3) is 67.7 Å². The lowest BCUT2D eigenvalue weighted by atomic mass is 10.1. The van der Waals surface area contributed by atoms with Crippen LogP contribution in [0.2, 0.25) is 0 Å². The van der Waals surface area contributed by atoms with Gasteiger partial charge in [-0.05, 0) is 182 Å². The minimum atomic E-state index is -0.664. The minimum absolute atomic E-state index is 0.0332. The summed E-state index contributed by atoms with van der Waals surface area (Å²) in [4.78, 5) is 179. The molecule has 18 rings (SSSR count). The van der Waals surface area contributed by atoms with Gasteiger partial charge in [0.15, 0.2) is 16.9 Å². The van der Waals surface area contributed by atoms with Crippen LogP contribution >= 0.6 is 0 Å². The summed E-state index contributed by atoms with van der Waals surface area (Å²) >= 11 is 0. The molecule has 12 aromatic rings. The van der Waals surface area contributed by atoms with Crippen LogP contribution in [0.1, 0.15) is 160 Å². The SMILES string of the molecule is CCCn1c(=O)n(C2CC2)c(=O)c2[nH]c(-c3ccc(N(CCN4CCCC4)C(=O)c4cccnc4)nc3)nc21.CCCn1c(=O)n(C2CC2)c(=O)c2[nH]c(-c3ccc(N(CCN4CCCCC4)C(=O)c4ccc(F)nc4)nc3)nc21.CCCn1c(=O)n(C2CC2)c(=O)c2[nH]c(-c3ccc(N(CCN4CCOCC4)C(=O)c4ccc(F)nc4)nc3)nc21. The zero-order valence-corrected chi connectivity index (χ0v) is 67.9. The molecule has 0 unspecified atom stereocenters. The fraction of sp³-hybridized carbons (Fsp3) is 0.435. The highest BCUT2D eigenvalue weighted by atomic mass is 19.1. The lowest BCUT2D eigenvalue weighted by Gasteiger charge is -2.29. The molecule has 0 bridgehead atoms. The van der Waals surface area contributed by atoms with E-state index < -0.39 is 11.9 Å². The van der Waals surface area contributed by atoms with Gasteiger partial charge >= 0.3 is 17.1 Å². The first kappa shape index (κ1) is 82.2. The van der Waals surface area contributed by atoms with Crippen molar-refractivity contribution in [1.29, 1.82) is 0 Å². The average molecular weight is 1650 g/mol. The van der Waals surface area contributed by atoms with Crippen LogP contribution in [0.15, 0.2) is 145 Å². The summed E-state index contributed by atoms with van der Waals surface area (Å²) in [6, 6.07) is 19.1. The number of likely N-dealkylation sites (tertiary alicyclic amines) is 2. The third kappa shape index (κ3) is 18.0. The second-order valence-corrected chi connectivity index (χ2v) is 31.3. The number of anilines is 3. The second kappa shape index (κ2) is 36.6. The molecule has 34 nitrogen and oxygen atoms in total. The molecule has 630 valence electrons. The molecule has 3 aliphatic heterocycles. The minimum Gasteiger partial charge on any atom is -0.379 e. The molecular formula is C85H96F2N24O10. The van der Waals surface area contributed by atoms with E-state index in [1.807, 2.05) is 26.8 Å². The normalized spacial score (nSPS) is 15.8. The van der Waals surface area contributed by atoms with E-state index in [1.165, 1.54) is 63.6 Å². The molecule has 3 N–H and O–H groups in total. The number of hydrogen-bond donors (Lipinski definition) is 3. The van der Waals surface area contributed by atoms with Crippen molar-refractivity contribution < 1.29 is 27.9 Å². The number of imidazole rings is 3. The number of fused-ring (bicyclic) bond motifs is 3. The van der Waals surface area contributed by atoms with Crippen molar-refractivity contribution in [2.75, 3.05) is 106 Å². The Bertz CT molecular complexity index is 5860. The number of aromatic nitrogens is 18. The Labute approximate surface area is 691 Å². The van der Waals surface area contributed by atoms with E-state index in [4.69, 9.17) is 4.74 Å². The number of halogens is 2. The molecule has 36 heteroatoms. The van der Waals surface area contributed by atoms with Gasteiger partial charge < -0.3 is 29.5 Å². The number of hydrogen-bond acceptors (Lipinski definition) is 22. The van der Waals surface area contributed by atoms with Gasteiger partial charge in [-0.3, -0.25) is 80.8 Å². The highest BCUT2D eigenvalue weighted by molar-refractivity contribution is 6.07. The number of carbonyl (C=O) groups excluding carboxylic acids is 3.